The number of nitrogens with one attached hydrogen (secondary N) is 2. The second-order valence-electron chi connectivity index (χ2n) is 5.77. The van der Waals surface area contributed by atoms with Gasteiger partial charge in [-0.25, -0.2) is 0 Å². The predicted octanol–water partition coefficient (Wildman–Crippen LogP) is 2.96. The maximum atomic E-state index is 11.0. The van der Waals surface area contributed by atoms with Crippen molar-refractivity contribution in [3.05, 3.63) is 47.0 Å². The van der Waals surface area contributed by atoms with E-state index in [1.807, 2.05) is 12.1 Å². The highest BCUT2D eigenvalue weighted by Crippen LogP contribution is 2.19. The van der Waals surface area contributed by atoms with Crippen LogP contribution in [-0.2, 0) is 6.54 Å². The summed E-state index contributed by atoms with van der Waals surface area (Å²) in [5.41, 5.74) is 8.39. The number of halogens is 1. The molecule has 0 bridgehead atoms. The molecule has 1 aliphatic rings. The molecule has 0 radical (unpaired) electrons. The molecular weight excluding hydrogens is 415 g/mol. The Morgan fingerprint density at radius 1 is 1.21 bits per heavy atom. The Morgan fingerprint density at radius 2 is 1.96 bits per heavy atom. The molecule has 0 aliphatic heterocycles. The van der Waals surface area contributed by atoms with Crippen LogP contribution in [0.5, 0.6) is 0 Å². The number of carbonyl (C=O) groups is 1. The number of amides is 1. The Labute approximate surface area is 161 Å². The Bertz CT molecular complexity index is 581. The maximum absolute atomic E-state index is 11.0. The number of nitrogens with two attached hydrogens (primary N) is 1. The Balaban J connectivity index is 0.00000288. The van der Waals surface area contributed by atoms with Crippen LogP contribution < -0.4 is 16.4 Å². The lowest BCUT2D eigenvalue weighted by molar-refractivity contribution is 0.100. The quantitative estimate of drug-likeness (QED) is 0.274. The number of benzene rings is 1. The molecule has 0 atom stereocenters. The topological polar surface area (TPSA) is 79.5 Å². The Morgan fingerprint density at radius 3 is 2.54 bits per heavy atom. The lowest BCUT2D eigenvalue weighted by Crippen LogP contribution is -2.37. The SMILES string of the molecule is CN=C(NCCC1=CCCCC1)NCc1ccc(C(N)=O)cc1.I. The van der Waals surface area contributed by atoms with Crippen molar-refractivity contribution in [2.75, 3.05) is 13.6 Å². The Kier molecular flexibility index (Phi) is 9.44. The first-order valence-electron chi connectivity index (χ1n) is 8.20. The molecule has 0 aromatic heterocycles. The van der Waals surface area contributed by atoms with Crippen LogP contribution in [0.25, 0.3) is 0 Å². The molecule has 0 heterocycles. The fourth-order valence-electron chi connectivity index (χ4n) is 2.67. The van der Waals surface area contributed by atoms with E-state index >= 15 is 0 Å². The summed E-state index contributed by atoms with van der Waals surface area (Å²) >= 11 is 0. The van der Waals surface area contributed by atoms with Crippen LogP contribution in [0.4, 0.5) is 0 Å². The zero-order valence-electron chi connectivity index (χ0n) is 14.2. The van der Waals surface area contributed by atoms with Crippen LogP contribution in [0, 0.1) is 0 Å². The first-order valence-corrected chi connectivity index (χ1v) is 8.20. The van der Waals surface area contributed by atoms with Crippen LogP contribution >= 0.6 is 24.0 Å². The summed E-state index contributed by atoms with van der Waals surface area (Å²) in [5.74, 6) is 0.388. The third-order valence-corrected chi connectivity index (χ3v) is 4.05. The zero-order chi connectivity index (χ0) is 16.5. The normalized spacial score (nSPS) is 14.4. The van der Waals surface area contributed by atoms with E-state index in [0.29, 0.717) is 12.1 Å². The van der Waals surface area contributed by atoms with Gasteiger partial charge >= 0.3 is 0 Å². The number of guanidine groups is 1. The van der Waals surface area contributed by atoms with E-state index in [0.717, 1.165) is 24.5 Å². The van der Waals surface area contributed by atoms with Gasteiger partial charge in [0.2, 0.25) is 5.91 Å². The van der Waals surface area contributed by atoms with Crippen molar-refractivity contribution >= 4 is 35.8 Å². The molecule has 1 aromatic carbocycles. The molecule has 2 rings (SSSR count). The molecule has 24 heavy (non-hydrogen) atoms. The van der Waals surface area contributed by atoms with Gasteiger partial charge in [-0.3, -0.25) is 9.79 Å². The maximum Gasteiger partial charge on any atom is 0.248 e. The van der Waals surface area contributed by atoms with Gasteiger partial charge in [-0.05, 0) is 49.8 Å². The average Bonchev–Trinajstić information content (AvgIpc) is 2.59. The molecule has 0 saturated carbocycles. The Hall–Kier alpha value is -1.57. The molecule has 1 aliphatic carbocycles. The van der Waals surface area contributed by atoms with E-state index in [9.17, 15) is 4.79 Å². The van der Waals surface area contributed by atoms with Crippen molar-refractivity contribution in [1.82, 2.24) is 10.6 Å². The van der Waals surface area contributed by atoms with E-state index in [1.165, 1.54) is 25.7 Å². The third kappa shape index (κ3) is 6.90. The highest BCUT2D eigenvalue weighted by molar-refractivity contribution is 14.0. The molecule has 5 nitrogen and oxygen atoms in total. The van der Waals surface area contributed by atoms with Gasteiger partial charge in [-0.15, -0.1) is 24.0 Å². The summed E-state index contributed by atoms with van der Waals surface area (Å²) in [6, 6.07) is 7.27. The highest BCUT2D eigenvalue weighted by Gasteiger charge is 2.04. The van der Waals surface area contributed by atoms with Gasteiger partial charge in [0.1, 0.15) is 0 Å². The summed E-state index contributed by atoms with van der Waals surface area (Å²) in [6.07, 6.45) is 8.56. The van der Waals surface area contributed by atoms with Crippen LogP contribution in [0.2, 0.25) is 0 Å². The number of allylic oxidation sites excluding steroid dienone is 1. The molecule has 132 valence electrons. The minimum Gasteiger partial charge on any atom is -0.366 e. The van der Waals surface area contributed by atoms with E-state index in [-0.39, 0.29) is 24.0 Å². The first kappa shape index (κ1) is 20.5. The van der Waals surface area contributed by atoms with Gasteiger partial charge in [0.05, 0.1) is 0 Å². The summed E-state index contributed by atoms with van der Waals surface area (Å²) in [5, 5.41) is 6.62. The van der Waals surface area contributed by atoms with Crippen LogP contribution in [0.3, 0.4) is 0 Å². The van der Waals surface area contributed by atoms with Crippen molar-refractivity contribution in [2.45, 2.75) is 38.6 Å². The molecule has 1 amide bonds. The minimum absolute atomic E-state index is 0. The van der Waals surface area contributed by atoms with E-state index in [1.54, 1.807) is 24.8 Å². The van der Waals surface area contributed by atoms with Crippen molar-refractivity contribution < 1.29 is 4.79 Å². The summed E-state index contributed by atoms with van der Waals surface area (Å²) in [4.78, 5) is 15.3. The number of primary amides is 1. The number of rotatable bonds is 6. The highest BCUT2D eigenvalue weighted by atomic mass is 127. The second kappa shape index (κ2) is 11.1. The number of carbonyl (C=O) groups excluding carboxylic acids is 1. The lowest BCUT2D eigenvalue weighted by atomic mass is 9.97. The van der Waals surface area contributed by atoms with Gasteiger partial charge < -0.3 is 16.4 Å². The van der Waals surface area contributed by atoms with Gasteiger partial charge in [-0.1, -0.05) is 23.8 Å². The predicted molar refractivity (Wildman–Crippen MR) is 110 cm³/mol. The van der Waals surface area contributed by atoms with Crippen LogP contribution in [-0.4, -0.2) is 25.5 Å². The molecule has 0 spiro atoms. The molecule has 6 heteroatoms. The second-order valence-corrected chi connectivity index (χ2v) is 5.77. The number of hydrogen-bond acceptors (Lipinski definition) is 2. The fraction of sp³-hybridized carbons (Fsp3) is 0.444. The van der Waals surface area contributed by atoms with Crippen LogP contribution in [0.15, 0.2) is 40.9 Å². The summed E-state index contributed by atoms with van der Waals surface area (Å²) in [6.45, 7) is 1.55. The van der Waals surface area contributed by atoms with Crippen molar-refractivity contribution in [1.29, 1.82) is 0 Å². The molecule has 4 N–H and O–H groups in total. The fourth-order valence-corrected chi connectivity index (χ4v) is 2.67. The molecule has 0 fully saturated rings. The monoisotopic (exact) mass is 442 g/mol. The first-order chi connectivity index (χ1) is 11.2. The number of nitrogens with zero attached hydrogens (tertiary/aromatic N) is 1. The molecule has 1 aromatic rings. The van der Waals surface area contributed by atoms with Gasteiger partial charge in [0.15, 0.2) is 5.96 Å². The summed E-state index contributed by atoms with van der Waals surface area (Å²) < 4.78 is 0. The minimum atomic E-state index is -0.404. The molecule has 0 unspecified atom stereocenters. The number of aliphatic imine (C=N–C) groups is 1. The lowest BCUT2D eigenvalue weighted by Gasteiger charge is -2.15. The van der Waals surface area contributed by atoms with Gasteiger partial charge in [-0.2, -0.15) is 0 Å². The largest absolute Gasteiger partial charge is 0.366 e. The van der Waals surface area contributed by atoms with E-state index < -0.39 is 5.91 Å². The molecule has 0 saturated heterocycles. The zero-order valence-corrected chi connectivity index (χ0v) is 16.5. The average molecular weight is 442 g/mol. The van der Waals surface area contributed by atoms with Crippen LogP contribution in [0.1, 0.15) is 48.0 Å². The van der Waals surface area contributed by atoms with Gasteiger partial charge in [0.25, 0.3) is 0 Å². The van der Waals surface area contributed by atoms with E-state index in [2.05, 4.69) is 21.7 Å². The standard InChI is InChI=1S/C18H26N4O.HI/c1-20-18(21-12-11-14-5-3-2-4-6-14)22-13-15-7-9-16(10-8-15)17(19)23;/h5,7-10H,2-4,6,11-13H2,1H3,(H2,19,23)(H2,20,21,22);1H. The number of hydrogen-bond donors (Lipinski definition) is 3. The van der Waals surface area contributed by atoms with Gasteiger partial charge in [0, 0.05) is 25.7 Å². The molecular formula is C18H27IN4O. The van der Waals surface area contributed by atoms with Crippen molar-refractivity contribution in [3.8, 4) is 0 Å². The van der Waals surface area contributed by atoms with Crippen molar-refractivity contribution in [3.63, 3.8) is 0 Å². The van der Waals surface area contributed by atoms with E-state index in [4.69, 9.17) is 5.73 Å². The smallest absolute Gasteiger partial charge is 0.248 e. The van der Waals surface area contributed by atoms with Crippen molar-refractivity contribution in [2.24, 2.45) is 10.7 Å². The third-order valence-electron chi connectivity index (χ3n) is 4.05. The summed E-state index contributed by atoms with van der Waals surface area (Å²) in [7, 11) is 1.77.